The van der Waals surface area contributed by atoms with Crippen molar-refractivity contribution in [3.63, 3.8) is 0 Å². The summed E-state index contributed by atoms with van der Waals surface area (Å²) < 4.78 is 39.1. The topological polar surface area (TPSA) is 111 Å². The number of halogens is 2. The third-order valence-corrected chi connectivity index (χ3v) is 8.99. The SMILES string of the molecule is CC(C)(C)OC(=O)[N+]1(c2ncc(-c3ccc4nc5c(n4c3)[C@@H](c3ccccc3OC(F)F)CC5(C)O)cn2)C[C@@H]2C[C@H]1CN2. The summed E-state index contributed by atoms with van der Waals surface area (Å²) in [5.74, 6) is 0.0451. The molecule has 2 unspecified atom stereocenters. The molecule has 44 heavy (non-hydrogen) atoms. The second-order valence-electron chi connectivity index (χ2n) is 13.2. The predicted octanol–water partition coefficient (Wildman–Crippen LogP) is 5.12. The van der Waals surface area contributed by atoms with E-state index in [1.165, 1.54) is 6.07 Å². The van der Waals surface area contributed by atoms with Gasteiger partial charge in [0.05, 0.1) is 17.4 Å². The zero-order chi connectivity index (χ0) is 31.0. The fourth-order valence-electron chi connectivity index (χ4n) is 7.12. The van der Waals surface area contributed by atoms with Crippen molar-refractivity contribution in [3.8, 4) is 16.9 Å². The molecule has 10 nitrogen and oxygen atoms in total. The Labute approximate surface area is 253 Å². The number of hydrogen-bond donors (Lipinski definition) is 2. The van der Waals surface area contributed by atoms with Crippen molar-refractivity contribution in [2.24, 2.45) is 0 Å². The molecule has 2 aliphatic heterocycles. The Kier molecular flexibility index (Phi) is 6.54. The third kappa shape index (κ3) is 4.63. The minimum Gasteiger partial charge on any atom is -0.435 e. The number of piperazine rings is 1. The van der Waals surface area contributed by atoms with Crippen LogP contribution in [0.25, 0.3) is 16.8 Å². The maximum absolute atomic E-state index is 13.6. The molecular formula is C32H35F2N6O4+. The molecule has 2 bridgehead atoms. The van der Waals surface area contributed by atoms with Crippen LogP contribution in [0.4, 0.5) is 19.5 Å². The number of benzene rings is 1. The molecule has 12 heteroatoms. The maximum atomic E-state index is 13.6. The van der Waals surface area contributed by atoms with Crippen LogP contribution in [-0.4, -0.2) is 67.9 Å². The van der Waals surface area contributed by atoms with Gasteiger partial charge in [0.25, 0.3) is 0 Å². The van der Waals surface area contributed by atoms with E-state index in [0.717, 1.165) is 17.5 Å². The van der Waals surface area contributed by atoms with E-state index < -0.39 is 23.7 Å². The van der Waals surface area contributed by atoms with E-state index in [9.17, 15) is 18.7 Å². The highest BCUT2D eigenvalue weighted by Gasteiger charge is 2.61. The number of aromatic nitrogens is 4. The number of carbonyl (C=O) groups excluding carboxylic acids is 1. The first kappa shape index (κ1) is 28.8. The van der Waals surface area contributed by atoms with Gasteiger partial charge in [0.2, 0.25) is 0 Å². The van der Waals surface area contributed by atoms with Gasteiger partial charge in [-0.05, 0) is 52.3 Å². The fourth-order valence-corrected chi connectivity index (χ4v) is 7.12. The van der Waals surface area contributed by atoms with Crippen LogP contribution in [-0.2, 0) is 10.3 Å². The van der Waals surface area contributed by atoms with Crippen molar-refractivity contribution in [1.82, 2.24) is 29.2 Å². The molecule has 2 saturated heterocycles. The Balaban J connectivity index is 1.27. The Hall–Kier alpha value is -4.00. The summed E-state index contributed by atoms with van der Waals surface area (Å²) in [6.07, 6.45) is 6.09. The number of aliphatic hydroxyl groups is 1. The minimum absolute atomic E-state index is 0.00719. The Morgan fingerprint density at radius 1 is 1.16 bits per heavy atom. The van der Waals surface area contributed by atoms with E-state index in [2.05, 4.69) is 5.32 Å². The molecule has 7 rings (SSSR count). The van der Waals surface area contributed by atoms with Gasteiger partial charge in [-0.15, -0.1) is 0 Å². The summed E-state index contributed by atoms with van der Waals surface area (Å²) in [5, 5.41) is 14.8. The monoisotopic (exact) mass is 605 g/mol. The molecule has 1 amide bonds. The van der Waals surface area contributed by atoms with Gasteiger partial charge in [-0.2, -0.15) is 28.0 Å². The number of hydrogen-bond acceptors (Lipinski definition) is 8. The summed E-state index contributed by atoms with van der Waals surface area (Å²) in [5.41, 5.74) is 1.99. The molecule has 0 spiro atoms. The lowest BCUT2D eigenvalue weighted by Crippen LogP contribution is -2.65. The largest absolute Gasteiger partial charge is 0.524 e. The normalized spacial score (nSPS) is 27.7. The summed E-state index contributed by atoms with van der Waals surface area (Å²) >= 11 is 0. The maximum Gasteiger partial charge on any atom is 0.524 e. The van der Waals surface area contributed by atoms with E-state index in [-0.39, 0.29) is 34.8 Å². The summed E-state index contributed by atoms with van der Waals surface area (Å²) in [4.78, 5) is 27.8. The molecule has 0 radical (unpaired) electrons. The number of alkyl halides is 2. The van der Waals surface area contributed by atoms with E-state index in [0.29, 0.717) is 41.6 Å². The first-order valence-electron chi connectivity index (χ1n) is 14.8. The first-order valence-corrected chi connectivity index (χ1v) is 14.8. The van der Waals surface area contributed by atoms with E-state index in [1.54, 1.807) is 37.5 Å². The summed E-state index contributed by atoms with van der Waals surface area (Å²) in [7, 11) is 0. The minimum atomic E-state index is -2.97. The third-order valence-electron chi connectivity index (χ3n) is 8.99. The molecule has 230 valence electrons. The molecule has 1 aromatic carbocycles. The number of likely N-dealkylation sites (tertiary alicyclic amines) is 1. The summed E-state index contributed by atoms with van der Waals surface area (Å²) in [6, 6.07) is 10.6. The molecule has 5 heterocycles. The molecule has 3 aromatic heterocycles. The van der Waals surface area contributed by atoms with E-state index in [1.807, 2.05) is 43.5 Å². The quantitative estimate of drug-likeness (QED) is 0.302. The van der Waals surface area contributed by atoms with Gasteiger partial charge in [0, 0.05) is 54.2 Å². The first-order chi connectivity index (χ1) is 20.9. The van der Waals surface area contributed by atoms with Crippen LogP contribution in [0.5, 0.6) is 5.75 Å². The van der Waals surface area contributed by atoms with Crippen LogP contribution in [0.2, 0.25) is 0 Å². The number of ether oxygens (including phenoxy) is 2. The number of amides is 1. The van der Waals surface area contributed by atoms with Crippen LogP contribution < -0.4 is 14.5 Å². The molecule has 3 aliphatic rings. The second-order valence-corrected chi connectivity index (χ2v) is 13.2. The average Bonchev–Trinajstić information content (AvgIpc) is 3.73. The van der Waals surface area contributed by atoms with Crippen molar-refractivity contribution in [1.29, 1.82) is 0 Å². The molecule has 2 N–H and O–H groups in total. The number of fused-ring (bicyclic) bond motifs is 5. The van der Waals surface area contributed by atoms with Crippen LogP contribution in [0, 0.1) is 0 Å². The highest BCUT2D eigenvalue weighted by Crippen LogP contribution is 2.50. The van der Waals surface area contributed by atoms with E-state index >= 15 is 0 Å². The average molecular weight is 606 g/mol. The fraction of sp³-hybridized carbons (Fsp3) is 0.438. The number of imidazole rings is 1. The van der Waals surface area contributed by atoms with Gasteiger partial charge in [0.15, 0.2) is 0 Å². The van der Waals surface area contributed by atoms with Gasteiger partial charge in [0.1, 0.15) is 35.2 Å². The number of carbonyl (C=O) groups is 1. The highest BCUT2D eigenvalue weighted by molar-refractivity contribution is 5.82. The number of para-hydroxylation sites is 1. The van der Waals surface area contributed by atoms with Crippen LogP contribution in [0.3, 0.4) is 0 Å². The van der Waals surface area contributed by atoms with Gasteiger partial charge < -0.3 is 24.3 Å². The van der Waals surface area contributed by atoms with Crippen molar-refractivity contribution in [2.75, 3.05) is 13.1 Å². The molecule has 0 saturated carbocycles. The lowest BCUT2D eigenvalue weighted by Gasteiger charge is -2.36. The van der Waals surface area contributed by atoms with Gasteiger partial charge in [-0.1, -0.05) is 18.2 Å². The number of nitrogens with zero attached hydrogens (tertiary/aromatic N) is 5. The standard InChI is InChI=1S/C32H35F2N6O4/c1-31(2,3)44-30(41)40(17-20-11-21(40)15-35-20)29-36-13-19(14-37-29)18-9-10-25-38-27-26(39(25)16-18)23(12-32(27,4)42)22-7-5-6-8-24(22)43-28(33)34/h5-10,13-14,16,20-21,23,28,35,42H,11-12,15,17H2,1-4H3/q+1/t20-,21-,23+,32?,40?/m0/s1. The molecule has 5 atom stereocenters. The van der Waals surface area contributed by atoms with Crippen molar-refractivity contribution in [2.45, 2.75) is 76.4 Å². The van der Waals surface area contributed by atoms with Gasteiger partial charge in [-0.3, -0.25) is 0 Å². The highest BCUT2D eigenvalue weighted by atomic mass is 19.3. The lowest BCUT2D eigenvalue weighted by molar-refractivity contribution is -0.0506. The van der Waals surface area contributed by atoms with Crippen molar-refractivity contribution >= 4 is 17.7 Å². The number of nitrogens with one attached hydrogen (secondary N) is 1. The zero-order valence-electron chi connectivity index (χ0n) is 25.0. The number of quaternary nitrogens is 1. The molecule has 4 aromatic rings. The van der Waals surface area contributed by atoms with Crippen molar-refractivity contribution in [3.05, 3.63) is 71.9 Å². The smallest absolute Gasteiger partial charge is 0.435 e. The number of rotatable bonds is 5. The Morgan fingerprint density at radius 2 is 1.91 bits per heavy atom. The van der Waals surface area contributed by atoms with Crippen molar-refractivity contribution < 1.29 is 28.2 Å². The number of pyridine rings is 1. The Bertz CT molecular complexity index is 1750. The van der Waals surface area contributed by atoms with Gasteiger partial charge >= 0.3 is 18.7 Å². The van der Waals surface area contributed by atoms with Crippen LogP contribution in [0.1, 0.15) is 63.4 Å². The predicted molar refractivity (Wildman–Crippen MR) is 158 cm³/mol. The Morgan fingerprint density at radius 3 is 2.57 bits per heavy atom. The van der Waals surface area contributed by atoms with Gasteiger partial charge in [-0.25, -0.2) is 4.98 Å². The lowest BCUT2D eigenvalue weighted by atomic mass is 9.93. The zero-order valence-corrected chi connectivity index (χ0v) is 25.0. The second kappa shape index (κ2) is 10.0. The summed E-state index contributed by atoms with van der Waals surface area (Å²) in [6.45, 7) is 5.50. The van der Waals surface area contributed by atoms with Crippen LogP contribution in [0.15, 0.2) is 55.0 Å². The molecular weight excluding hydrogens is 570 g/mol. The molecule has 1 aliphatic carbocycles. The molecule has 2 fully saturated rings. The van der Waals surface area contributed by atoms with Crippen LogP contribution >= 0.6 is 0 Å². The van der Waals surface area contributed by atoms with E-state index in [4.69, 9.17) is 24.4 Å².